The van der Waals surface area contributed by atoms with Crippen LogP contribution in [0.4, 0.5) is 0 Å². The summed E-state index contributed by atoms with van der Waals surface area (Å²) in [7, 11) is 0. The van der Waals surface area contributed by atoms with E-state index >= 15 is 0 Å². The van der Waals surface area contributed by atoms with Gasteiger partial charge in [0.1, 0.15) is 0 Å². The number of amides is 1. The monoisotopic (exact) mass is 358 g/mol. The largest absolute Gasteiger partial charge is 0.344 e. The molecule has 134 valence electrons. The third-order valence-electron chi connectivity index (χ3n) is 4.47. The molecule has 1 fully saturated rings. The molecule has 1 amide bonds. The van der Waals surface area contributed by atoms with E-state index in [0.29, 0.717) is 6.54 Å². The van der Waals surface area contributed by atoms with E-state index in [1.54, 1.807) is 0 Å². The van der Waals surface area contributed by atoms with Crippen molar-refractivity contribution < 1.29 is 4.79 Å². The van der Waals surface area contributed by atoms with E-state index in [4.69, 9.17) is 0 Å². The molecule has 1 saturated carbocycles. The first-order chi connectivity index (χ1) is 11.6. The predicted octanol–water partition coefficient (Wildman–Crippen LogP) is 3.93. The van der Waals surface area contributed by atoms with Crippen molar-refractivity contribution in [1.82, 2.24) is 10.6 Å². The van der Waals surface area contributed by atoms with Gasteiger partial charge in [-0.2, -0.15) is 0 Å². The molecule has 0 heterocycles. The Labute approximate surface area is 156 Å². The summed E-state index contributed by atoms with van der Waals surface area (Å²) in [6.45, 7) is 5.49. The summed E-state index contributed by atoms with van der Waals surface area (Å²) in [4.78, 5) is 12.4. The van der Waals surface area contributed by atoms with E-state index in [9.17, 15) is 4.79 Å². The van der Waals surface area contributed by atoms with Crippen LogP contribution in [0.1, 0.15) is 41.1 Å². The molecule has 2 aromatic carbocycles. The van der Waals surface area contributed by atoms with Crippen LogP contribution in [0, 0.1) is 19.8 Å². The summed E-state index contributed by atoms with van der Waals surface area (Å²) in [5.74, 6) is 0.825. The number of hydrogen-bond acceptors (Lipinski definition) is 2. The Morgan fingerprint density at radius 3 is 2.08 bits per heavy atom. The molecule has 0 unspecified atom stereocenters. The highest BCUT2D eigenvalue weighted by Crippen LogP contribution is 2.27. The number of halogens is 1. The molecule has 1 aliphatic rings. The van der Waals surface area contributed by atoms with Crippen molar-refractivity contribution >= 4 is 18.3 Å². The quantitative estimate of drug-likeness (QED) is 0.787. The van der Waals surface area contributed by atoms with Gasteiger partial charge in [0.05, 0.1) is 12.6 Å². The molecule has 2 aromatic rings. The van der Waals surface area contributed by atoms with Crippen molar-refractivity contribution in [3.63, 3.8) is 0 Å². The van der Waals surface area contributed by atoms with Crippen LogP contribution in [0.2, 0.25) is 0 Å². The summed E-state index contributed by atoms with van der Waals surface area (Å²) < 4.78 is 0. The number of benzene rings is 2. The Balaban J connectivity index is 0.00000225. The van der Waals surface area contributed by atoms with Gasteiger partial charge in [-0.05, 0) is 50.3 Å². The maximum absolute atomic E-state index is 12.4. The van der Waals surface area contributed by atoms with Crippen molar-refractivity contribution in [2.75, 3.05) is 13.1 Å². The number of carbonyl (C=O) groups excluding carboxylic acids is 1. The molecule has 0 bridgehead atoms. The van der Waals surface area contributed by atoms with Crippen LogP contribution >= 0.6 is 12.4 Å². The van der Waals surface area contributed by atoms with Gasteiger partial charge in [0.25, 0.3) is 0 Å². The lowest BCUT2D eigenvalue weighted by atomic mass is 9.96. The third-order valence-corrected chi connectivity index (χ3v) is 4.47. The second kappa shape index (κ2) is 9.02. The molecule has 0 atom stereocenters. The average Bonchev–Trinajstić information content (AvgIpc) is 3.37. The molecule has 1 aliphatic carbocycles. The first kappa shape index (κ1) is 19.5. The molecule has 3 nitrogen and oxygen atoms in total. The predicted molar refractivity (Wildman–Crippen MR) is 105 cm³/mol. The number of rotatable bonds is 7. The van der Waals surface area contributed by atoms with Gasteiger partial charge in [-0.25, -0.2) is 0 Å². The topological polar surface area (TPSA) is 41.1 Å². The van der Waals surface area contributed by atoms with E-state index in [-0.39, 0.29) is 24.4 Å². The van der Waals surface area contributed by atoms with Crippen LogP contribution in [0.3, 0.4) is 0 Å². The van der Waals surface area contributed by atoms with E-state index in [0.717, 1.165) is 23.6 Å². The second-order valence-corrected chi connectivity index (χ2v) is 6.90. The highest BCUT2D eigenvalue weighted by Gasteiger charge is 2.21. The molecule has 25 heavy (non-hydrogen) atoms. The van der Waals surface area contributed by atoms with Crippen molar-refractivity contribution in [1.29, 1.82) is 0 Å². The van der Waals surface area contributed by atoms with Gasteiger partial charge in [-0.1, -0.05) is 59.7 Å². The van der Waals surface area contributed by atoms with Crippen molar-refractivity contribution in [3.8, 4) is 0 Å². The zero-order chi connectivity index (χ0) is 16.9. The van der Waals surface area contributed by atoms with Gasteiger partial charge in [0, 0.05) is 0 Å². The Bertz CT molecular complexity index is 667. The maximum Gasteiger partial charge on any atom is 0.234 e. The fourth-order valence-corrected chi connectivity index (χ4v) is 2.98. The van der Waals surface area contributed by atoms with Gasteiger partial charge in [-0.3, -0.25) is 4.79 Å². The van der Waals surface area contributed by atoms with E-state index < -0.39 is 0 Å². The molecule has 0 radical (unpaired) electrons. The number of hydrogen-bond donors (Lipinski definition) is 2. The van der Waals surface area contributed by atoms with Gasteiger partial charge < -0.3 is 10.6 Å². The molecule has 3 rings (SSSR count). The standard InChI is InChI=1S/C21H26N2O.ClH/c1-15-5-3-7-18(11-15)21(19-8-4-6-16(2)12-19)23-20(24)14-22-13-17-9-10-17;/h3-8,11-12,17,21-22H,9-10,13-14H2,1-2H3,(H,23,24);1H. The van der Waals surface area contributed by atoms with E-state index in [1.807, 2.05) is 12.1 Å². The lowest BCUT2D eigenvalue weighted by molar-refractivity contribution is -0.120. The molecule has 0 spiro atoms. The second-order valence-electron chi connectivity index (χ2n) is 6.90. The average molecular weight is 359 g/mol. The maximum atomic E-state index is 12.4. The zero-order valence-electron chi connectivity index (χ0n) is 14.9. The van der Waals surface area contributed by atoms with E-state index in [2.05, 4.69) is 60.9 Å². The van der Waals surface area contributed by atoms with Crippen LogP contribution in [0.25, 0.3) is 0 Å². The number of nitrogens with one attached hydrogen (secondary N) is 2. The lowest BCUT2D eigenvalue weighted by Crippen LogP contribution is -2.37. The Hall–Kier alpha value is -1.84. The smallest absolute Gasteiger partial charge is 0.234 e. The van der Waals surface area contributed by atoms with Gasteiger partial charge in [0.15, 0.2) is 0 Å². The van der Waals surface area contributed by atoms with Crippen LogP contribution < -0.4 is 10.6 Å². The van der Waals surface area contributed by atoms with Crippen molar-refractivity contribution in [3.05, 3.63) is 70.8 Å². The van der Waals surface area contributed by atoms with Crippen molar-refractivity contribution in [2.24, 2.45) is 5.92 Å². The molecule has 0 aromatic heterocycles. The first-order valence-corrected chi connectivity index (χ1v) is 8.75. The molecule has 0 saturated heterocycles. The van der Waals surface area contributed by atoms with Crippen molar-refractivity contribution in [2.45, 2.75) is 32.7 Å². The normalized spacial score (nSPS) is 13.4. The Kier molecular flexibility index (Phi) is 7.03. The van der Waals surface area contributed by atoms with Gasteiger partial charge in [-0.15, -0.1) is 12.4 Å². The molecular formula is C21H27ClN2O. The summed E-state index contributed by atoms with van der Waals surface area (Å²) in [5.41, 5.74) is 4.64. The van der Waals surface area contributed by atoms with Crippen LogP contribution in [-0.4, -0.2) is 19.0 Å². The van der Waals surface area contributed by atoms with Gasteiger partial charge in [0.2, 0.25) is 5.91 Å². The molecule has 4 heteroatoms. The highest BCUT2D eigenvalue weighted by atomic mass is 35.5. The third kappa shape index (κ3) is 5.87. The fraction of sp³-hybridized carbons (Fsp3) is 0.381. The van der Waals surface area contributed by atoms with Crippen LogP contribution in [0.5, 0.6) is 0 Å². The SMILES string of the molecule is Cc1cccc(C(NC(=O)CNCC2CC2)c2cccc(C)c2)c1.Cl. The Morgan fingerprint density at radius 1 is 1.04 bits per heavy atom. The Morgan fingerprint density at radius 2 is 1.60 bits per heavy atom. The minimum Gasteiger partial charge on any atom is -0.344 e. The lowest BCUT2D eigenvalue weighted by Gasteiger charge is -2.21. The summed E-state index contributed by atoms with van der Waals surface area (Å²) >= 11 is 0. The van der Waals surface area contributed by atoms with Gasteiger partial charge >= 0.3 is 0 Å². The molecular weight excluding hydrogens is 332 g/mol. The number of carbonyl (C=O) groups is 1. The fourth-order valence-electron chi connectivity index (χ4n) is 2.98. The van der Waals surface area contributed by atoms with Crippen LogP contribution in [-0.2, 0) is 4.79 Å². The van der Waals surface area contributed by atoms with E-state index in [1.165, 1.54) is 24.0 Å². The summed E-state index contributed by atoms with van der Waals surface area (Å²) in [6, 6.07) is 16.6. The van der Waals surface area contributed by atoms with Crippen LogP contribution in [0.15, 0.2) is 48.5 Å². The minimum absolute atomic E-state index is 0. The summed E-state index contributed by atoms with van der Waals surface area (Å²) in [5, 5.41) is 6.46. The zero-order valence-corrected chi connectivity index (χ0v) is 15.7. The first-order valence-electron chi connectivity index (χ1n) is 8.75. The minimum atomic E-state index is -0.111. The number of aryl methyl sites for hydroxylation is 2. The molecule has 0 aliphatic heterocycles. The highest BCUT2D eigenvalue weighted by molar-refractivity contribution is 5.85. The summed E-state index contributed by atoms with van der Waals surface area (Å²) in [6.07, 6.45) is 2.59. The molecule has 2 N–H and O–H groups in total.